The van der Waals surface area contributed by atoms with Gasteiger partial charge in [0.2, 0.25) is 59.1 Å². The molecule has 0 aliphatic carbocycles. The van der Waals surface area contributed by atoms with Crippen LogP contribution in [0.1, 0.15) is 84.4 Å². The number of hydrogen-bond donors (Lipinski definition) is 16. The van der Waals surface area contributed by atoms with E-state index in [1.165, 1.54) is 26.4 Å². The van der Waals surface area contributed by atoms with Crippen molar-refractivity contribution >= 4 is 83.6 Å². The number of amides is 10. The first-order valence-corrected chi connectivity index (χ1v) is 24.8. The Morgan fingerprint density at radius 2 is 1.05 bits per heavy atom. The number of hydrogen-bond acceptors (Lipinski definition) is 16. The van der Waals surface area contributed by atoms with Crippen LogP contribution in [0.5, 0.6) is 0 Å². The van der Waals surface area contributed by atoms with E-state index in [4.69, 9.17) is 17.2 Å². The summed E-state index contributed by atoms with van der Waals surface area (Å²) in [5, 5.41) is 48.7. The predicted octanol–water partition coefficient (Wildman–Crippen LogP) is -4.50. The SMILES string of the molecule is CC(C)C[C@H](NC(=O)[C@H](CCC(N)=O)NC(=O)[C@@H](N)Cc1ccccc1)C(=O)N[C@@H](Cc1cnc[nH]1)C(=O)N[C@@H](CC(=O)O)C(=O)N[C@@H](CS)C(=O)N[C@H](C(=O)N[C@@H](CCC(N)=O)C(=O)N[C@H](C(=O)O)C(C)C)[C@@H](C)O. The number of rotatable bonds is 34. The van der Waals surface area contributed by atoms with Crippen LogP contribution in [-0.4, -0.2) is 163 Å². The van der Waals surface area contributed by atoms with E-state index >= 15 is 0 Å². The molecule has 1 aromatic carbocycles. The Morgan fingerprint density at radius 1 is 0.592 bits per heavy atom. The van der Waals surface area contributed by atoms with Gasteiger partial charge < -0.3 is 80.0 Å². The Kier molecular flexibility index (Phi) is 27.1. The van der Waals surface area contributed by atoms with E-state index < -0.39 is 162 Å². The number of nitrogens with two attached hydrogens (primary N) is 3. The van der Waals surface area contributed by atoms with Gasteiger partial charge in [-0.1, -0.05) is 58.0 Å². The fourth-order valence-corrected chi connectivity index (χ4v) is 7.49. The molecule has 420 valence electrons. The van der Waals surface area contributed by atoms with Crippen molar-refractivity contribution in [3.8, 4) is 0 Å². The van der Waals surface area contributed by atoms with Gasteiger partial charge in [0.05, 0.1) is 24.9 Å². The zero-order valence-electron chi connectivity index (χ0n) is 42.7. The summed E-state index contributed by atoms with van der Waals surface area (Å²) < 4.78 is 0. The molecule has 2 rings (SSSR count). The first-order valence-electron chi connectivity index (χ1n) is 24.1. The summed E-state index contributed by atoms with van der Waals surface area (Å²) in [5.74, 6) is -14.5. The third-order valence-corrected chi connectivity index (χ3v) is 11.7. The van der Waals surface area contributed by atoms with Crippen LogP contribution >= 0.6 is 12.6 Å². The van der Waals surface area contributed by atoms with Crippen LogP contribution in [0.4, 0.5) is 0 Å². The number of carbonyl (C=O) groups excluding carboxylic acids is 10. The van der Waals surface area contributed by atoms with Crippen LogP contribution in [0.2, 0.25) is 0 Å². The number of carboxylic acids is 2. The van der Waals surface area contributed by atoms with Gasteiger partial charge in [0, 0.05) is 36.9 Å². The number of aliphatic hydroxyl groups is 1. The summed E-state index contributed by atoms with van der Waals surface area (Å²) in [4.78, 5) is 163. The third-order valence-electron chi connectivity index (χ3n) is 11.3. The van der Waals surface area contributed by atoms with Crippen molar-refractivity contribution < 1.29 is 72.9 Å². The maximum atomic E-state index is 14.1. The van der Waals surface area contributed by atoms with Crippen LogP contribution in [0, 0.1) is 11.8 Å². The van der Waals surface area contributed by atoms with Crippen LogP contribution < -0.4 is 59.7 Å². The van der Waals surface area contributed by atoms with Gasteiger partial charge in [0.25, 0.3) is 0 Å². The van der Waals surface area contributed by atoms with E-state index in [0.717, 1.165) is 12.5 Å². The molecule has 0 aliphatic heterocycles. The molecule has 0 saturated carbocycles. The Balaban J connectivity index is 2.36. The Labute approximate surface area is 443 Å². The minimum Gasteiger partial charge on any atom is -0.481 e. The zero-order valence-corrected chi connectivity index (χ0v) is 43.6. The number of primary amides is 2. The number of H-pyrrole nitrogens is 1. The molecule has 0 radical (unpaired) electrons. The summed E-state index contributed by atoms with van der Waals surface area (Å²) >= 11 is 4.10. The lowest BCUT2D eigenvalue weighted by Crippen LogP contribution is -2.62. The minimum absolute atomic E-state index is 0.0362. The summed E-state index contributed by atoms with van der Waals surface area (Å²) in [7, 11) is 0. The molecule has 76 heavy (non-hydrogen) atoms. The van der Waals surface area contributed by atoms with Gasteiger partial charge in [-0.05, 0) is 50.0 Å². The predicted molar refractivity (Wildman–Crippen MR) is 272 cm³/mol. The van der Waals surface area contributed by atoms with Crippen molar-refractivity contribution in [1.29, 1.82) is 0 Å². The molecule has 0 fully saturated rings. The van der Waals surface area contributed by atoms with E-state index in [2.05, 4.69) is 65.1 Å². The first-order chi connectivity index (χ1) is 35.6. The maximum Gasteiger partial charge on any atom is 0.326 e. The van der Waals surface area contributed by atoms with Crippen molar-refractivity contribution in [3.05, 3.63) is 54.1 Å². The molecule has 18 N–H and O–H groups in total. The Hall–Kier alpha value is -7.66. The summed E-state index contributed by atoms with van der Waals surface area (Å²) in [5.41, 5.74) is 17.7. The van der Waals surface area contributed by atoms with Crippen molar-refractivity contribution in [2.75, 3.05) is 5.75 Å². The molecule has 0 bridgehead atoms. The minimum atomic E-state index is -1.96. The summed E-state index contributed by atoms with van der Waals surface area (Å²) in [6.45, 7) is 7.54. The number of nitrogens with one attached hydrogen (secondary N) is 9. The lowest BCUT2D eigenvalue weighted by atomic mass is 10.0. The highest BCUT2D eigenvalue weighted by Crippen LogP contribution is 2.12. The van der Waals surface area contributed by atoms with Gasteiger partial charge in [-0.2, -0.15) is 12.6 Å². The van der Waals surface area contributed by atoms with E-state index in [1.807, 2.05) is 0 Å². The second-order valence-corrected chi connectivity index (χ2v) is 19.0. The molecule has 10 amide bonds. The third kappa shape index (κ3) is 22.8. The molecular formula is C47H71N13O15S. The molecular weight excluding hydrogens is 1020 g/mol. The standard InChI is InChI=1S/C47H71N13O15S/c1-22(2)15-30(55-40(67)28(11-13-34(49)62)53-39(66)27(48)16-25-9-7-6-8-10-25)42(69)56-31(17-26-19-51-21-52-26)43(70)57-32(18-36(64)65)44(71)58-33(20-76)45(72)60-38(24(5)61)46(73)54-29(12-14-35(50)63)41(68)59-37(23(3)4)47(74)75/h6-10,19,21-24,27-33,37-38,61,76H,11-18,20,48H2,1-5H3,(H2,49,62)(H2,50,63)(H,51,52)(H,53,66)(H,54,73)(H,55,67)(H,56,69)(H,57,70)(H,58,71)(H,59,68)(H,60,72)(H,64,65)(H,74,75)/t24-,27+,28+,29+,30+,31+,32+,33+,37+,38+/m1/s1. The van der Waals surface area contributed by atoms with Gasteiger partial charge in [-0.15, -0.1) is 0 Å². The molecule has 0 spiro atoms. The number of thiol groups is 1. The van der Waals surface area contributed by atoms with Gasteiger partial charge in [-0.25, -0.2) is 9.78 Å². The number of aliphatic hydroxyl groups excluding tert-OH is 1. The Morgan fingerprint density at radius 3 is 1.54 bits per heavy atom. The number of carboxylic acid groups (broad SMARTS) is 2. The number of imidazole rings is 1. The smallest absolute Gasteiger partial charge is 0.326 e. The highest BCUT2D eigenvalue weighted by molar-refractivity contribution is 7.80. The van der Waals surface area contributed by atoms with Crippen LogP contribution in [0.3, 0.4) is 0 Å². The van der Waals surface area contributed by atoms with Crippen LogP contribution in [0.15, 0.2) is 42.9 Å². The highest BCUT2D eigenvalue weighted by Gasteiger charge is 2.37. The first kappa shape index (κ1) is 64.5. The lowest BCUT2D eigenvalue weighted by Gasteiger charge is -2.28. The Bertz CT molecular complexity index is 2340. The van der Waals surface area contributed by atoms with E-state index in [-0.39, 0.29) is 43.7 Å². The fourth-order valence-electron chi connectivity index (χ4n) is 7.23. The second-order valence-electron chi connectivity index (χ2n) is 18.7. The van der Waals surface area contributed by atoms with E-state index in [0.29, 0.717) is 0 Å². The molecule has 0 unspecified atom stereocenters. The van der Waals surface area contributed by atoms with Crippen LogP contribution in [-0.2, 0) is 70.4 Å². The van der Waals surface area contributed by atoms with Crippen molar-refractivity contribution in [1.82, 2.24) is 52.5 Å². The molecule has 1 aromatic heterocycles. The monoisotopic (exact) mass is 1090 g/mol. The number of nitrogens with zero attached hydrogens (tertiary/aromatic N) is 1. The largest absolute Gasteiger partial charge is 0.481 e. The lowest BCUT2D eigenvalue weighted by molar-refractivity contribution is -0.144. The molecule has 0 aliphatic rings. The normalized spacial score (nSPS) is 15.1. The summed E-state index contributed by atoms with van der Waals surface area (Å²) in [6.07, 6.45) is -1.98. The molecule has 1 heterocycles. The molecule has 2 aromatic rings. The number of aliphatic carboxylic acids is 2. The van der Waals surface area contributed by atoms with E-state index in [9.17, 15) is 72.9 Å². The molecule has 10 atom stereocenters. The number of benzene rings is 1. The topological polar surface area (TPSA) is 469 Å². The van der Waals surface area contributed by atoms with Crippen molar-refractivity contribution in [2.24, 2.45) is 29.0 Å². The molecule has 29 heteroatoms. The van der Waals surface area contributed by atoms with Gasteiger partial charge >= 0.3 is 11.9 Å². The summed E-state index contributed by atoms with van der Waals surface area (Å²) in [6, 6.07) is -5.30. The number of carbonyl (C=O) groups is 12. The van der Waals surface area contributed by atoms with Gasteiger partial charge in [0.1, 0.15) is 48.3 Å². The van der Waals surface area contributed by atoms with Crippen molar-refractivity contribution in [2.45, 2.75) is 146 Å². The average Bonchev–Trinajstić information content (AvgIpc) is 3.85. The quantitative estimate of drug-likeness (QED) is 0.0294. The zero-order chi connectivity index (χ0) is 57.4. The van der Waals surface area contributed by atoms with Crippen LogP contribution in [0.25, 0.3) is 0 Å². The molecule has 0 saturated heterocycles. The second kappa shape index (κ2) is 31.9. The van der Waals surface area contributed by atoms with E-state index in [1.54, 1.807) is 44.2 Å². The van der Waals surface area contributed by atoms with Gasteiger partial charge in [-0.3, -0.25) is 52.7 Å². The maximum absolute atomic E-state index is 14.1. The molecule has 28 nitrogen and oxygen atoms in total. The fraction of sp³-hybridized carbons (Fsp3) is 0.553. The van der Waals surface area contributed by atoms with Gasteiger partial charge in [0.15, 0.2) is 0 Å². The average molecular weight is 1090 g/mol. The number of aromatic nitrogens is 2. The number of aromatic amines is 1. The van der Waals surface area contributed by atoms with Crippen molar-refractivity contribution in [3.63, 3.8) is 0 Å². The highest BCUT2D eigenvalue weighted by atomic mass is 32.1.